The number of hydrogen-bond acceptors (Lipinski definition) is 4. The Balaban J connectivity index is 1.58. The lowest BCUT2D eigenvalue weighted by atomic mass is 10.0. The Morgan fingerprint density at radius 2 is 1.96 bits per heavy atom. The molecule has 0 radical (unpaired) electrons. The highest BCUT2D eigenvalue weighted by Gasteiger charge is 2.34. The molecule has 28 heavy (non-hydrogen) atoms. The number of carbonyl (C=O) groups excluding carboxylic acids is 2. The largest absolute Gasteiger partial charge is 0.444 e. The summed E-state index contributed by atoms with van der Waals surface area (Å²) in [5.74, 6) is -0.135. The molecule has 1 atom stereocenters. The van der Waals surface area contributed by atoms with Gasteiger partial charge in [0.15, 0.2) is 0 Å². The monoisotopic (exact) mass is 384 g/mol. The van der Waals surface area contributed by atoms with Crippen molar-refractivity contribution in [1.82, 2.24) is 19.8 Å². The van der Waals surface area contributed by atoms with E-state index in [1.54, 1.807) is 17.4 Å². The summed E-state index contributed by atoms with van der Waals surface area (Å²) in [5.41, 5.74) is 1.43. The number of nitrogens with one attached hydrogen (secondary N) is 1. The molecule has 0 unspecified atom stereocenters. The fourth-order valence-corrected chi connectivity index (χ4v) is 3.25. The first kappa shape index (κ1) is 19.9. The SMILES string of the molecule is CC(C)(C)OC(=O)N1CCCC[C@@H]1C(=O)NCc1ccc(-n2ccnc2)cc1. The van der Waals surface area contributed by atoms with Crippen LogP contribution in [-0.2, 0) is 16.1 Å². The predicted molar refractivity (Wildman–Crippen MR) is 106 cm³/mol. The molecule has 1 saturated heterocycles. The Labute approximate surface area is 165 Å². The first-order valence-electron chi connectivity index (χ1n) is 9.68. The smallest absolute Gasteiger partial charge is 0.410 e. The van der Waals surface area contributed by atoms with Crippen molar-refractivity contribution in [2.45, 2.75) is 58.2 Å². The second kappa shape index (κ2) is 8.46. The van der Waals surface area contributed by atoms with E-state index in [0.717, 1.165) is 24.1 Å². The van der Waals surface area contributed by atoms with Crippen molar-refractivity contribution in [2.24, 2.45) is 0 Å². The molecule has 7 heteroatoms. The highest BCUT2D eigenvalue weighted by molar-refractivity contribution is 5.85. The highest BCUT2D eigenvalue weighted by atomic mass is 16.6. The normalized spacial score (nSPS) is 17.2. The van der Waals surface area contributed by atoms with E-state index >= 15 is 0 Å². The molecule has 150 valence electrons. The van der Waals surface area contributed by atoms with Crippen LogP contribution in [0.3, 0.4) is 0 Å². The molecule has 1 aliphatic heterocycles. The summed E-state index contributed by atoms with van der Waals surface area (Å²) in [6, 6.07) is 7.44. The van der Waals surface area contributed by atoms with Gasteiger partial charge in [-0.25, -0.2) is 9.78 Å². The van der Waals surface area contributed by atoms with Gasteiger partial charge in [-0.1, -0.05) is 12.1 Å². The third-order valence-corrected chi connectivity index (χ3v) is 4.64. The molecule has 1 fully saturated rings. The van der Waals surface area contributed by atoms with Crippen LogP contribution in [-0.4, -0.2) is 44.6 Å². The van der Waals surface area contributed by atoms with Crippen LogP contribution in [0.2, 0.25) is 0 Å². The maximum absolute atomic E-state index is 12.7. The van der Waals surface area contributed by atoms with Gasteiger partial charge in [0, 0.05) is 31.2 Å². The van der Waals surface area contributed by atoms with Crippen molar-refractivity contribution in [1.29, 1.82) is 0 Å². The third kappa shape index (κ3) is 5.12. The second-order valence-corrected chi connectivity index (χ2v) is 8.04. The Morgan fingerprint density at radius 3 is 2.61 bits per heavy atom. The molecule has 3 rings (SSSR count). The van der Waals surface area contributed by atoms with E-state index in [4.69, 9.17) is 4.74 Å². The Hall–Kier alpha value is -2.83. The number of carbonyl (C=O) groups is 2. The van der Waals surface area contributed by atoms with Gasteiger partial charge in [0.05, 0.1) is 6.33 Å². The van der Waals surface area contributed by atoms with Crippen LogP contribution >= 0.6 is 0 Å². The molecule has 1 N–H and O–H groups in total. The topological polar surface area (TPSA) is 76.5 Å². The zero-order valence-electron chi connectivity index (χ0n) is 16.7. The Bertz CT molecular complexity index is 794. The van der Waals surface area contributed by atoms with Gasteiger partial charge in [-0.15, -0.1) is 0 Å². The Kier molecular flexibility index (Phi) is 6.02. The van der Waals surface area contributed by atoms with Crippen molar-refractivity contribution in [3.05, 3.63) is 48.5 Å². The van der Waals surface area contributed by atoms with Crippen molar-refractivity contribution in [3.8, 4) is 5.69 Å². The molecule has 0 bridgehead atoms. The van der Waals surface area contributed by atoms with Crippen molar-refractivity contribution in [3.63, 3.8) is 0 Å². The van der Waals surface area contributed by atoms with E-state index in [1.165, 1.54) is 0 Å². The number of likely N-dealkylation sites (tertiary alicyclic amines) is 1. The minimum atomic E-state index is -0.577. The molecule has 1 aromatic carbocycles. The number of ether oxygens (including phenoxy) is 1. The number of piperidine rings is 1. The summed E-state index contributed by atoms with van der Waals surface area (Å²) >= 11 is 0. The molecule has 7 nitrogen and oxygen atoms in total. The standard InChI is InChI=1S/C21H28N4O3/c1-21(2,3)28-20(27)25-12-5-4-6-18(25)19(26)23-14-16-7-9-17(10-8-16)24-13-11-22-15-24/h7-11,13,15,18H,4-6,12,14H2,1-3H3,(H,23,26)/t18-/m1/s1. The van der Waals surface area contributed by atoms with Crippen molar-refractivity contribution < 1.29 is 14.3 Å². The fourth-order valence-electron chi connectivity index (χ4n) is 3.25. The minimum absolute atomic E-state index is 0.135. The highest BCUT2D eigenvalue weighted by Crippen LogP contribution is 2.21. The number of imidazole rings is 1. The van der Waals surface area contributed by atoms with Gasteiger partial charge < -0.3 is 14.6 Å². The molecule has 0 spiro atoms. The van der Waals surface area contributed by atoms with E-state index in [-0.39, 0.29) is 5.91 Å². The van der Waals surface area contributed by atoms with Crippen molar-refractivity contribution in [2.75, 3.05) is 6.54 Å². The molecule has 0 aliphatic carbocycles. The third-order valence-electron chi connectivity index (χ3n) is 4.64. The molecule has 1 aliphatic rings. The molecular formula is C21H28N4O3. The van der Waals surface area contributed by atoms with E-state index in [2.05, 4.69) is 10.3 Å². The average Bonchev–Trinajstić information content (AvgIpc) is 3.20. The summed E-state index contributed by atoms with van der Waals surface area (Å²) in [4.78, 5) is 30.8. The quantitative estimate of drug-likeness (QED) is 0.878. The summed E-state index contributed by atoms with van der Waals surface area (Å²) < 4.78 is 7.39. The average molecular weight is 384 g/mol. The van der Waals surface area contributed by atoms with Crippen LogP contribution in [0.15, 0.2) is 43.0 Å². The van der Waals surface area contributed by atoms with Crippen LogP contribution in [0, 0.1) is 0 Å². The van der Waals surface area contributed by atoms with Crippen LogP contribution in [0.5, 0.6) is 0 Å². The molecule has 1 aromatic heterocycles. The number of hydrogen-bond donors (Lipinski definition) is 1. The second-order valence-electron chi connectivity index (χ2n) is 8.04. The summed E-state index contributed by atoms with van der Waals surface area (Å²) in [6.07, 6.45) is 7.41. The van der Waals surface area contributed by atoms with E-state index in [1.807, 2.05) is 55.8 Å². The maximum atomic E-state index is 12.7. The van der Waals surface area contributed by atoms with Gasteiger partial charge in [-0.05, 0) is 57.7 Å². The van der Waals surface area contributed by atoms with Crippen LogP contribution in [0.25, 0.3) is 5.69 Å². The zero-order chi connectivity index (χ0) is 20.1. The molecule has 2 amide bonds. The number of amides is 2. The number of aromatic nitrogens is 2. The number of rotatable bonds is 4. The van der Waals surface area contributed by atoms with E-state index in [9.17, 15) is 9.59 Å². The van der Waals surface area contributed by atoms with Gasteiger partial charge in [0.25, 0.3) is 0 Å². The molecule has 2 heterocycles. The molecular weight excluding hydrogens is 356 g/mol. The van der Waals surface area contributed by atoms with Crippen LogP contribution in [0.4, 0.5) is 4.79 Å². The van der Waals surface area contributed by atoms with Crippen molar-refractivity contribution >= 4 is 12.0 Å². The van der Waals surface area contributed by atoms with Crippen LogP contribution in [0.1, 0.15) is 45.6 Å². The number of benzene rings is 1. The number of nitrogens with zero attached hydrogens (tertiary/aromatic N) is 3. The predicted octanol–water partition coefficient (Wildman–Crippen LogP) is 3.28. The summed E-state index contributed by atoms with van der Waals surface area (Å²) in [6.45, 7) is 6.46. The van der Waals surface area contributed by atoms with E-state index < -0.39 is 17.7 Å². The van der Waals surface area contributed by atoms with Gasteiger partial charge >= 0.3 is 6.09 Å². The Morgan fingerprint density at radius 1 is 1.21 bits per heavy atom. The van der Waals surface area contributed by atoms with Gasteiger partial charge in [-0.3, -0.25) is 9.69 Å². The summed E-state index contributed by atoms with van der Waals surface area (Å²) in [5, 5.41) is 2.96. The van der Waals surface area contributed by atoms with Gasteiger partial charge in [-0.2, -0.15) is 0 Å². The first-order chi connectivity index (χ1) is 13.3. The van der Waals surface area contributed by atoms with Crippen LogP contribution < -0.4 is 5.32 Å². The van der Waals surface area contributed by atoms with Gasteiger partial charge in [0.1, 0.15) is 11.6 Å². The fraction of sp³-hybridized carbons (Fsp3) is 0.476. The maximum Gasteiger partial charge on any atom is 0.410 e. The minimum Gasteiger partial charge on any atom is -0.444 e. The lowest BCUT2D eigenvalue weighted by Gasteiger charge is -2.35. The molecule has 0 saturated carbocycles. The van der Waals surface area contributed by atoms with Gasteiger partial charge in [0.2, 0.25) is 5.91 Å². The lowest BCUT2D eigenvalue weighted by molar-refractivity contribution is -0.127. The first-order valence-corrected chi connectivity index (χ1v) is 9.68. The lowest BCUT2D eigenvalue weighted by Crippen LogP contribution is -2.52. The molecule has 2 aromatic rings. The summed E-state index contributed by atoms with van der Waals surface area (Å²) in [7, 11) is 0. The zero-order valence-corrected chi connectivity index (χ0v) is 16.7. The van der Waals surface area contributed by atoms with E-state index in [0.29, 0.717) is 19.5 Å².